The second-order valence-corrected chi connectivity index (χ2v) is 4.73. The van der Waals surface area contributed by atoms with Crippen LogP contribution in [0.25, 0.3) is 0 Å². The Bertz CT molecular complexity index is 351. The van der Waals surface area contributed by atoms with Crippen molar-refractivity contribution in [1.29, 1.82) is 5.26 Å². The van der Waals surface area contributed by atoms with Crippen molar-refractivity contribution in [2.24, 2.45) is 0 Å². The molecule has 0 aromatic heterocycles. The highest BCUT2D eigenvalue weighted by molar-refractivity contribution is 9.09. The molecule has 0 aliphatic rings. The van der Waals surface area contributed by atoms with Gasteiger partial charge in [-0.1, -0.05) is 15.9 Å². The third kappa shape index (κ3) is 3.93. The quantitative estimate of drug-likeness (QED) is 0.783. The molecule has 0 atom stereocenters. The van der Waals surface area contributed by atoms with Crippen LogP contribution in [0.3, 0.4) is 0 Å². The largest absolute Gasteiger partial charge is 0.488 e. The number of hydrogen-bond donors (Lipinski definition) is 0. The van der Waals surface area contributed by atoms with E-state index in [0.29, 0.717) is 5.56 Å². The third-order valence-electron chi connectivity index (χ3n) is 2.07. The molecule has 0 unspecified atom stereocenters. The van der Waals surface area contributed by atoms with Crippen LogP contribution in [0.5, 0.6) is 5.75 Å². The maximum Gasteiger partial charge on any atom is 0.120 e. The Morgan fingerprint density at radius 1 is 1.33 bits per heavy atom. The van der Waals surface area contributed by atoms with Crippen LogP contribution in [-0.2, 0) is 0 Å². The third-order valence-corrected chi connectivity index (χ3v) is 2.47. The van der Waals surface area contributed by atoms with E-state index in [1.165, 1.54) is 0 Å². The normalized spacial score (nSPS) is 10.8. The first kappa shape index (κ1) is 12.1. The van der Waals surface area contributed by atoms with Crippen LogP contribution in [0, 0.1) is 11.3 Å². The van der Waals surface area contributed by atoms with Gasteiger partial charge in [0.05, 0.1) is 11.6 Å². The van der Waals surface area contributed by atoms with Gasteiger partial charge in [-0.05, 0) is 44.5 Å². The summed E-state index contributed by atoms with van der Waals surface area (Å²) in [5.74, 6) is 0.806. The van der Waals surface area contributed by atoms with Crippen molar-refractivity contribution >= 4 is 15.9 Å². The Balaban J connectivity index is 2.69. The Kier molecular flexibility index (Phi) is 4.16. The summed E-state index contributed by atoms with van der Waals surface area (Å²) in [7, 11) is 0. The molecule has 2 nitrogen and oxygen atoms in total. The zero-order chi connectivity index (χ0) is 11.3. The monoisotopic (exact) mass is 267 g/mol. The summed E-state index contributed by atoms with van der Waals surface area (Å²) in [5, 5.41) is 9.56. The van der Waals surface area contributed by atoms with Crippen molar-refractivity contribution in [2.75, 3.05) is 5.33 Å². The lowest BCUT2D eigenvalue weighted by Gasteiger charge is -2.25. The first-order valence-electron chi connectivity index (χ1n) is 4.82. The van der Waals surface area contributed by atoms with Gasteiger partial charge in [0.2, 0.25) is 0 Å². The van der Waals surface area contributed by atoms with E-state index in [4.69, 9.17) is 10.00 Å². The van der Waals surface area contributed by atoms with Gasteiger partial charge in [0.25, 0.3) is 0 Å². The van der Waals surface area contributed by atoms with E-state index in [2.05, 4.69) is 22.0 Å². The van der Waals surface area contributed by atoms with E-state index in [1.807, 2.05) is 26.0 Å². The molecule has 0 radical (unpaired) electrons. The Morgan fingerprint density at radius 2 is 1.93 bits per heavy atom. The first-order chi connectivity index (χ1) is 7.07. The molecule has 0 amide bonds. The molecular weight excluding hydrogens is 254 g/mol. The molecular formula is C12H14BrNO. The lowest BCUT2D eigenvalue weighted by atomic mass is 10.1. The minimum atomic E-state index is -0.183. The van der Waals surface area contributed by atoms with Crippen molar-refractivity contribution in [3.8, 4) is 11.8 Å². The molecule has 0 saturated heterocycles. The molecule has 1 aromatic rings. The molecule has 0 heterocycles. The summed E-state index contributed by atoms with van der Waals surface area (Å²) in [5.41, 5.74) is 0.471. The predicted octanol–water partition coefficient (Wildman–Crippen LogP) is 3.50. The van der Waals surface area contributed by atoms with E-state index in [1.54, 1.807) is 12.1 Å². The second kappa shape index (κ2) is 5.18. The molecule has 0 saturated carbocycles. The molecule has 15 heavy (non-hydrogen) atoms. The van der Waals surface area contributed by atoms with Crippen LogP contribution in [0.2, 0.25) is 0 Å². The molecule has 1 rings (SSSR count). The molecule has 0 bridgehead atoms. The maximum absolute atomic E-state index is 8.65. The van der Waals surface area contributed by atoms with E-state index in [9.17, 15) is 0 Å². The number of rotatable bonds is 4. The molecule has 80 valence electrons. The van der Waals surface area contributed by atoms with Crippen LogP contribution in [0.15, 0.2) is 24.3 Å². The van der Waals surface area contributed by atoms with Crippen LogP contribution in [0.4, 0.5) is 0 Å². The van der Waals surface area contributed by atoms with Crippen molar-refractivity contribution in [1.82, 2.24) is 0 Å². The first-order valence-corrected chi connectivity index (χ1v) is 5.95. The molecule has 0 spiro atoms. The topological polar surface area (TPSA) is 33.0 Å². The molecule has 0 N–H and O–H groups in total. The molecule has 3 heteroatoms. The van der Waals surface area contributed by atoms with Gasteiger partial charge in [0.15, 0.2) is 0 Å². The van der Waals surface area contributed by atoms with Gasteiger partial charge in [-0.25, -0.2) is 0 Å². The molecule has 0 aliphatic heterocycles. The van der Waals surface area contributed by atoms with Crippen molar-refractivity contribution in [2.45, 2.75) is 25.9 Å². The van der Waals surface area contributed by atoms with Crippen LogP contribution in [-0.4, -0.2) is 10.9 Å². The summed E-state index contributed by atoms with van der Waals surface area (Å²) in [6.07, 6.45) is 0.938. The Morgan fingerprint density at radius 3 is 2.40 bits per heavy atom. The zero-order valence-electron chi connectivity index (χ0n) is 8.96. The molecule has 0 fully saturated rings. The Hall–Kier alpha value is -1.01. The number of nitrogens with zero attached hydrogens (tertiary/aromatic N) is 1. The highest BCUT2D eigenvalue weighted by Crippen LogP contribution is 2.21. The van der Waals surface area contributed by atoms with E-state index in [0.717, 1.165) is 17.5 Å². The predicted molar refractivity (Wildman–Crippen MR) is 64.3 cm³/mol. The van der Waals surface area contributed by atoms with E-state index in [-0.39, 0.29) is 5.60 Å². The van der Waals surface area contributed by atoms with Gasteiger partial charge in [-0.2, -0.15) is 5.26 Å². The van der Waals surface area contributed by atoms with Crippen LogP contribution >= 0.6 is 15.9 Å². The van der Waals surface area contributed by atoms with Gasteiger partial charge < -0.3 is 4.74 Å². The van der Waals surface area contributed by atoms with Crippen LogP contribution < -0.4 is 4.74 Å². The summed E-state index contributed by atoms with van der Waals surface area (Å²) in [6, 6.07) is 9.26. The fourth-order valence-electron chi connectivity index (χ4n) is 1.20. The molecule has 0 aliphatic carbocycles. The lowest BCUT2D eigenvalue weighted by molar-refractivity contribution is 0.107. The minimum Gasteiger partial charge on any atom is -0.488 e. The van der Waals surface area contributed by atoms with Gasteiger partial charge in [0.1, 0.15) is 11.4 Å². The van der Waals surface area contributed by atoms with E-state index < -0.39 is 0 Å². The number of benzene rings is 1. The fourth-order valence-corrected chi connectivity index (χ4v) is 2.15. The van der Waals surface area contributed by atoms with Gasteiger partial charge in [-0.3, -0.25) is 0 Å². The van der Waals surface area contributed by atoms with Crippen molar-refractivity contribution in [3.63, 3.8) is 0 Å². The number of halogens is 1. The highest BCUT2D eigenvalue weighted by Gasteiger charge is 2.18. The maximum atomic E-state index is 8.65. The number of ether oxygens (including phenoxy) is 1. The van der Waals surface area contributed by atoms with Crippen molar-refractivity contribution < 1.29 is 4.74 Å². The average Bonchev–Trinajstić information content (AvgIpc) is 2.18. The smallest absolute Gasteiger partial charge is 0.120 e. The number of hydrogen-bond acceptors (Lipinski definition) is 2. The summed E-state index contributed by atoms with van der Waals surface area (Å²) in [4.78, 5) is 0. The zero-order valence-corrected chi connectivity index (χ0v) is 10.5. The number of nitriles is 1. The molecule has 1 aromatic carbocycles. The minimum absolute atomic E-state index is 0.183. The van der Waals surface area contributed by atoms with Crippen molar-refractivity contribution in [3.05, 3.63) is 29.8 Å². The van der Waals surface area contributed by atoms with Gasteiger partial charge in [-0.15, -0.1) is 0 Å². The SMILES string of the molecule is CC(C)(CCBr)Oc1ccc(C#N)cc1. The summed E-state index contributed by atoms with van der Waals surface area (Å²) < 4.78 is 5.80. The highest BCUT2D eigenvalue weighted by atomic mass is 79.9. The van der Waals surface area contributed by atoms with E-state index >= 15 is 0 Å². The fraction of sp³-hybridized carbons (Fsp3) is 0.417. The van der Waals surface area contributed by atoms with Gasteiger partial charge >= 0.3 is 0 Å². The summed E-state index contributed by atoms with van der Waals surface area (Å²) >= 11 is 3.40. The van der Waals surface area contributed by atoms with Crippen LogP contribution in [0.1, 0.15) is 25.8 Å². The second-order valence-electron chi connectivity index (χ2n) is 3.94. The average molecular weight is 268 g/mol. The standard InChI is InChI=1S/C12H14BrNO/c1-12(2,7-8-13)15-11-5-3-10(9-14)4-6-11/h3-6H,7-8H2,1-2H3. The number of alkyl halides is 1. The Labute approximate surface area is 99.0 Å². The summed E-state index contributed by atoms with van der Waals surface area (Å²) in [6.45, 7) is 4.10. The van der Waals surface area contributed by atoms with Gasteiger partial charge in [0, 0.05) is 5.33 Å². The lowest BCUT2D eigenvalue weighted by Crippen LogP contribution is -2.28.